The van der Waals surface area contributed by atoms with Gasteiger partial charge in [0, 0.05) is 9.86 Å². The largest absolute Gasteiger partial charge is 0.478 e. The van der Waals surface area contributed by atoms with Crippen molar-refractivity contribution in [3.05, 3.63) is 57.2 Å². The number of nitrogens with one attached hydrogen (secondary N) is 1. The molecule has 0 aliphatic rings. The molecule has 0 saturated carbocycles. The molecule has 0 atom stereocenters. The van der Waals surface area contributed by atoms with Crippen LogP contribution in [0.25, 0.3) is 11.0 Å². The van der Waals surface area contributed by atoms with Gasteiger partial charge in [-0.3, -0.25) is 0 Å². The summed E-state index contributed by atoms with van der Waals surface area (Å²) in [6.45, 7) is 0. The van der Waals surface area contributed by atoms with Crippen molar-refractivity contribution in [1.29, 1.82) is 0 Å². The molecule has 118 valence electrons. The monoisotopic (exact) mass is 401 g/mol. The number of hydrogen-bond donors (Lipinski definition) is 2. The van der Waals surface area contributed by atoms with Crippen LogP contribution in [0.4, 0.5) is 20.2 Å². The lowest BCUT2D eigenvalue weighted by Gasteiger charge is -2.12. The SMILES string of the molecule is O=C(O)c1cc2c(Cl)coc2c(F)c1Nc1ccc(Br)cc1F. The second kappa shape index (κ2) is 5.82. The topological polar surface area (TPSA) is 62.5 Å². The highest BCUT2D eigenvalue weighted by atomic mass is 79.9. The average molecular weight is 403 g/mol. The molecule has 0 spiro atoms. The first-order chi connectivity index (χ1) is 10.9. The van der Waals surface area contributed by atoms with Crippen molar-refractivity contribution in [2.75, 3.05) is 5.32 Å². The third-order valence-corrected chi connectivity index (χ3v) is 3.97. The van der Waals surface area contributed by atoms with E-state index >= 15 is 0 Å². The Balaban J connectivity index is 2.21. The number of anilines is 2. The minimum atomic E-state index is -1.39. The highest BCUT2D eigenvalue weighted by Gasteiger charge is 2.22. The fourth-order valence-electron chi connectivity index (χ4n) is 2.12. The molecule has 23 heavy (non-hydrogen) atoms. The van der Waals surface area contributed by atoms with Crippen LogP contribution in [0.2, 0.25) is 5.02 Å². The summed E-state index contributed by atoms with van der Waals surface area (Å²) in [4.78, 5) is 11.4. The molecule has 1 heterocycles. The van der Waals surface area contributed by atoms with Gasteiger partial charge in [0.2, 0.25) is 0 Å². The predicted octanol–water partition coefficient (Wildman–Crippen LogP) is 5.57. The van der Waals surface area contributed by atoms with Crippen molar-refractivity contribution in [2.45, 2.75) is 0 Å². The van der Waals surface area contributed by atoms with E-state index < -0.39 is 23.3 Å². The van der Waals surface area contributed by atoms with Gasteiger partial charge in [-0.2, -0.15) is 0 Å². The molecule has 0 bridgehead atoms. The van der Waals surface area contributed by atoms with E-state index in [1.165, 1.54) is 24.3 Å². The summed E-state index contributed by atoms with van der Waals surface area (Å²) in [6.07, 6.45) is 1.10. The third kappa shape index (κ3) is 2.77. The van der Waals surface area contributed by atoms with E-state index in [2.05, 4.69) is 21.2 Å². The quantitative estimate of drug-likeness (QED) is 0.601. The normalized spacial score (nSPS) is 11.0. The molecule has 2 aromatic carbocycles. The summed E-state index contributed by atoms with van der Waals surface area (Å²) in [5.74, 6) is -3.02. The minimum Gasteiger partial charge on any atom is -0.478 e. The molecule has 0 aliphatic heterocycles. The van der Waals surface area contributed by atoms with Gasteiger partial charge < -0.3 is 14.8 Å². The second-order valence-corrected chi connectivity index (χ2v) is 5.95. The van der Waals surface area contributed by atoms with E-state index in [1.807, 2.05) is 0 Å². The fraction of sp³-hybridized carbons (Fsp3) is 0. The Morgan fingerprint density at radius 3 is 2.70 bits per heavy atom. The lowest BCUT2D eigenvalue weighted by atomic mass is 10.1. The van der Waals surface area contributed by atoms with Crippen molar-refractivity contribution < 1.29 is 23.1 Å². The van der Waals surface area contributed by atoms with E-state index in [0.717, 1.165) is 6.26 Å². The van der Waals surface area contributed by atoms with Crippen LogP contribution >= 0.6 is 27.5 Å². The second-order valence-electron chi connectivity index (χ2n) is 4.63. The van der Waals surface area contributed by atoms with Crippen molar-refractivity contribution >= 4 is 55.8 Å². The van der Waals surface area contributed by atoms with Gasteiger partial charge in [0.15, 0.2) is 11.4 Å². The van der Waals surface area contributed by atoms with Gasteiger partial charge in [-0.05, 0) is 24.3 Å². The maximum Gasteiger partial charge on any atom is 0.337 e. The number of fused-ring (bicyclic) bond motifs is 1. The first-order valence-electron chi connectivity index (χ1n) is 6.23. The van der Waals surface area contributed by atoms with Gasteiger partial charge in [0.05, 0.1) is 22.0 Å². The Morgan fingerprint density at radius 2 is 2.04 bits per heavy atom. The first-order valence-corrected chi connectivity index (χ1v) is 7.40. The van der Waals surface area contributed by atoms with E-state index in [4.69, 9.17) is 16.0 Å². The average Bonchev–Trinajstić information content (AvgIpc) is 2.85. The molecule has 0 unspecified atom stereocenters. The zero-order chi connectivity index (χ0) is 16.7. The summed E-state index contributed by atoms with van der Waals surface area (Å²) in [6, 6.07) is 5.23. The highest BCUT2D eigenvalue weighted by Crippen LogP contribution is 2.36. The zero-order valence-electron chi connectivity index (χ0n) is 11.2. The van der Waals surface area contributed by atoms with E-state index in [-0.39, 0.29) is 27.2 Å². The molecule has 8 heteroatoms. The molecule has 0 aliphatic carbocycles. The highest BCUT2D eigenvalue weighted by molar-refractivity contribution is 9.10. The fourth-order valence-corrected chi connectivity index (χ4v) is 2.63. The Kier molecular flexibility index (Phi) is 3.99. The number of rotatable bonds is 3. The summed E-state index contributed by atoms with van der Waals surface area (Å²) in [5, 5.41) is 12.0. The molecular formula is C15H7BrClF2NO3. The van der Waals surface area contributed by atoms with Crippen molar-refractivity contribution in [3.8, 4) is 0 Å². The lowest BCUT2D eigenvalue weighted by Crippen LogP contribution is -2.06. The van der Waals surface area contributed by atoms with Crippen LogP contribution in [-0.4, -0.2) is 11.1 Å². The smallest absolute Gasteiger partial charge is 0.337 e. The Labute approximate surface area is 141 Å². The number of hydrogen-bond acceptors (Lipinski definition) is 3. The number of carboxylic acid groups (broad SMARTS) is 1. The maximum atomic E-state index is 14.6. The molecule has 3 rings (SSSR count). The molecule has 0 saturated heterocycles. The Bertz CT molecular complexity index is 942. The number of halogens is 4. The van der Waals surface area contributed by atoms with E-state index in [9.17, 15) is 18.7 Å². The Hall–Kier alpha value is -2.12. The van der Waals surface area contributed by atoms with Gasteiger partial charge in [0.25, 0.3) is 0 Å². The van der Waals surface area contributed by atoms with Crippen LogP contribution in [0, 0.1) is 11.6 Å². The Morgan fingerprint density at radius 1 is 1.30 bits per heavy atom. The van der Waals surface area contributed by atoms with E-state index in [0.29, 0.717) is 4.47 Å². The molecule has 3 aromatic rings. The minimum absolute atomic E-state index is 0.0772. The summed E-state index contributed by atoms with van der Waals surface area (Å²) in [5.41, 5.74) is -1.08. The molecular weight excluding hydrogens is 396 g/mol. The van der Waals surface area contributed by atoms with Crippen LogP contribution in [0.3, 0.4) is 0 Å². The number of furan rings is 1. The van der Waals surface area contributed by atoms with Gasteiger partial charge in [0.1, 0.15) is 12.1 Å². The van der Waals surface area contributed by atoms with Crippen LogP contribution in [0.15, 0.2) is 39.4 Å². The zero-order valence-corrected chi connectivity index (χ0v) is 13.5. The van der Waals surface area contributed by atoms with Crippen molar-refractivity contribution in [1.82, 2.24) is 0 Å². The number of benzene rings is 2. The number of carboxylic acids is 1. The maximum absolute atomic E-state index is 14.6. The van der Waals surface area contributed by atoms with Gasteiger partial charge in [-0.25, -0.2) is 13.6 Å². The molecule has 4 nitrogen and oxygen atoms in total. The molecule has 0 fully saturated rings. The molecule has 2 N–H and O–H groups in total. The molecule has 0 amide bonds. The molecule has 0 radical (unpaired) electrons. The van der Waals surface area contributed by atoms with Gasteiger partial charge >= 0.3 is 5.97 Å². The lowest BCUT2D eigenvalue weighted by molar-refractivity contribution is 0.0697. The van der Waals surface area contributed by atoms with Crippen LogP contribution < -0.4 is 5.32 Å². The van der Waals surface area contributed by atoms with Crippen molar-refractivity contribution in [3.63, 3.8) is 0 Å². The molecule has 1 aromatic heterocycles. The van der Waals surface area contributed by atoms with Crippen LogP contribution in [0.5, 0.6) is 0 Å². The number of aromatic carboxylic acids is 1. The number of carbonyl (C=O) groups is 1. The first kappa shape index (κ1) is 15.8. The third-order valence-electron chi connectivity index (χ3n) is 3.18. The summed E-state index contributed by atoms with van der Waals surface area (Å²) >= 11 is 8.94. The van der Waals surface area contributed by atoms with Crippen molar-refractivity contribution in [2.24, 2.45) is 0 Å². The summed E-state index contributed by atoms with van der Waals surface area (Å²) in [7, 11) is 0. The predicted molar refractivity (Wildman–Crippen MR) is 85.5 cm³/mol. The van der Waals surface area contributed by atoms with Gasteiger partial charge in [-0.15, -0.1) is 0 Å². The van der Waals surface area contributed by atoms with Crippen LogP contribution in [0.1, 0.15) is 10.4 Å². The van der Waals surface area contributed by atoms with Crippen LogP contribution in [-0.2, 0) is 0 Å². The van der Waals surface area contributed by atoms with E-state index in [1.54, 1.807) is 0 Å². The van der Waals surface area contributed by atoms with Gasteiger partial charge in [-0.1, -0.05) is 27.5 Å². The summed E-state index contributed by atoms with van der Waals surface area (Å²) < 4.78 is 34.0. The standard InChI is InChI=1S/C15H7BrClF2NO3/c16-6-1-2-11(10(18)3-6)20-13-8(15(21)22)4-7-9(17)5-23-14(7)12(13)19/h1-5,20H,(H,21,22).